The van der Waals surface area contributed by atoms with Crippen LogP contribution < -0.4 is 15.0 Å². The van der Waals surface area contributed by atoms with Crippen LogP contribution in [0.15, 0.2) is 54.6 Å². The zero-order valence-corrected chi connectivity index (χ0v) is 16.7. The number of hydrogen-bond acceptors (Lipinski definition) is 5. The highest BCUT2D eigenvalue weighted by atomic mass is 19.1. The lowest BCUT2D eigenvalue weighted by molar-refractivity contribution is -0.120. The molecule has 5 rings (SSSR count). The molecule has 9 heteroatoms. The fourth-order valence-corrected chi connectivity index (χ4v) is 4.01. The lowest BCUT2D eigenvalue weighted by Gasteiger charge is -2.19. The van der Waals surface area contributed by atoms with Crippen molar-refractivity contribution in [2.75, 3.05) is 18.6 Å². The Labute approximate surface area is 177 Å². The molecule has 1 aromatic heterocycles. The van der Waals surface area contributed by atoms with Gasteiger partial charge in [0, 0.05) is 13.5 Å². The van der Waals surface area contributed by atoms with E-state index in [0.29, 0.717) is 11.4 Å². The van der Waals surface area contributed by atoms with Crippen LogP contribution in [0, 0.1) is 0 Å². The summed E-state index contributed by atoms with van der Waals surface area (Å²) in [5.74, 6) is -0.472. The smallest absolute Gasteiger partial charge is 0.291 e. The fraction of sp³-hybridized carbons (Fsp3) is 0.273. The molecule has 2 aliphatic rings. The first-order valence-corrected chi connectivity index (χ1v) is 9.98. The van der Waals surface area contributed by atoms with Crippen LogP contribution in [0.25, 0.3) is 0 Å². The van der Waals surface area contributed by atoms with E-state index in [-0.39, 0.29) is 36.6 Å². The van der Waals surface area contributed by atoms with Gasteiger partial charge >= 0.3 is 0 Å². The van der Waals surface area contributed by atoms with Gasteiger partial charge < -0.3 is 15.0 Å². The van der Waals surface area contributed by atoms with Crippen LogP contribution in [0.1, 0.15) is 40.6 Å². The van der Waals surface area contributed by atoms with Crippen LogP contribution in [0.2, 0.25) is 0 Å². The van der Waals surface area contributed by atoms with E-state index >= 15 is 0 Å². The standard InChI is InChI=1S/C22H20FN5O3/c1-27-16-9-5-6-10-18(16)31-12-15(22(27)30)24-21(29)19-25-20-14(23)11-17(28(20)26-19)13-7-3-2-4-8-13/h2-10,14-15,17H,11-12H2,1H3,(H,24,29)/t14-,15-,17-/m0/s1. The molecule has 0 radical (unpaired) electrons. The van der Waals surface area contributed by atoms with Crippen molar-refractivity contribution in [1.82, 2.24) is 20.1 Å². The van der Waals surface area contributed by atoms with Gasteiger partial charge in [-0.05, 0) is 17.7 Å². The van der Waals surface area contributed by atoms with Crippen LogP contribution >= 0.6 is 0 Å². The lowest BCUT2D eigenvalue weighted by Crippen LogP contribution is -2.49. The minimum atomic E-state index is -1.32. The molecule has 3 aromatic rings. The SMILES string of the molecule is CN1C(=O)[C@@H](NC(=O)c2nc3n(n2)[C@H](c2ccccc2)C[C@@H]3F)COc2ccccc21. The summed E-state index contributed by atoms with van der Waals surface area (Å²) in [6, 6.07) is 15.3. The van der Waals surface area contributed by atoms with E-state index in [2.05, 4.69) is 15.4 Å². The fourth-order valence-electron chi connectivity index (χ4n) is 4.01. The Morgan fingerprint density at radius 2 is 1.90 bits per heavy atom. The molecular weight excluding hydrogens is 401 g/mol. The number of rotatable bonds is 3. The first-order valence-electron chi connectivity index (χ1n) is 9.98. The number of anilines is 1. The molecule has 0 fully saturated rings. The molecule has 3 heterocycles. The lowest BCUT2D eigenvalue weighted by atomic mass is 10.0. The minimum absolute atomic E-state index is 0.0299. The quantitative estimate of drug-likeness (QED) is 0.702. The van der Waals surface area contributed by atoms with E-state index < -0.39 is 18.1 Å². The third-order valence-electron chi connectivity index (χ3n) is 5.62. The second-order valence-corrected chi connectivity index (χ2v) is 7.57. The average Bonchev–Trinajstić information content (AvgIpc) is 3.34. The second kappa shape index (κ2) is 7.50. The van der Waals surface area contributed by atoms with E-state index in [1.807, 2.05) is 36.4 Å². The number of aromatic nitrogens is 3. The molecule has 31 heavy (non-hydrogen) atoms. The third kappa shape index (κ3) is 3.31. The molecule has 2 aromatic carbocycles. The highest BCUT2D eigenvalue weighted by molar-refractivity contribution is 6.02. The zero-order valence-electron chi connectivity index (χ0n) is 16.7. The largest absolute Gasteiger partial charge is 0.489 e. The number of carbonyl (C=O) groups is 2. The molecule has 3 atom stereocenters. The monoisotopic (exact) mass is 421 g/mol. The summed E-state index contributed by atoms with van der Waals surface area (Å²) < 4.78 is 21.7. The van der Waals surface area contributed by atoms with Gasteiger partial charge in [-0.2, -0.15) is 0 Å². The van der Waals surface area contributed by atoms with Crippen molar-refractivity contribution < 1.29 is 18.7 Å². The predicted molar refractivity (Wildman–Crippen MR) is 110 cm³/mol. The van der Waals surface area contributed by atoms with Gasteiger partial charge in [0.15, 0.2) is 12.0 Å². The summed E-state index contributed by atoms with van der Waals surface area (Å²) in [4.78, 5) is 31.2. The molecule has 0 saturated heterocycles. The van der Waals surface area contributed by atoms with Crippen LogP contribution in [0.3, 0.4) is 0 Å². The van der Waals surface area contributed by atoms with Gasteiger partial charge in [0.1, 0.15) is 18.4 Å². The maximum atomic E-state index is 14.6. The number of halogens is 1. The predicted octanol–water partition coefficient (Wildman–Crippen LogP) is 2.44. The van der Waals surface area contributed by atoms with Gasteiger partial charge in [-0.1, -0.05) is 42.5 Å². The summed E-state index contributed by atoms with van der Waals surface area (Å²) in [7, 11) is 1.62. The maximum Gasteiger partial charge on any atom is 0.291 e. The molecule has 8 nitrogen and oxygen atoms in total. The first kappa shape index (κ1) is 19.2. The number of nitrogens with one attached hydrogen (secondary N) is 1. The Balaban J connectivity index is 1.36. The molecule has 1 N–H and O–H groups in total. The van der Waals surface area contributed by atoms with E-state index in [1.54, 1.807) is 25.2 Å². The van der Waals surface area contributed by atoms with Crippen LogP contribution in [-0.4, -0.2) is 46.3 Å². The molecule has 2 aliphatic heterocycles. The summed E-state index contributed by atoms with van der Waals surface area (Å²) in [5.41, 5.74) is 1.52. The van der Waals surface area contributed by atoms with Crippen molar-refractivity contribution in [3.63, 3.8) is 0 Å². The Kier molecular flexibility index (Phi) is 4.65. The number of nitrogens with zero attached hydrogens (tertiary/aromatic N) is 4. The summed E-state index contributed by atoms with van der Waals surface area (Å²) >= 11 is 0. The van der Waals surface area contributed by atoms with Gasteiger partial charge in [-0.3, -0.25) is 9.59 Å². The van der Waals surface area contributed by atoms with Crippen molar-refractivity contribution in [3.8, 4) is 5.75 Å². The van der Waals surface area contributed by atoms with Crippen molar-refractivity contribution in [1.29, 1.82) is 0 Å². The number of benzene rings is 2. The first-order chi connectivity index (χ1) is 15.0. The van der Waals surface area contributed by atoms with E-state index in [0.717, 1.165) is 5.56 Å². The molecule has 158 valence electrons. The number of fused-ring (bicyclic) bond motifs is 2. The normalized spacial score (nSPS) is 22.3. The number of carbonyl (C=O) groups excluding carboxylic acids is 2. The van der Waals surface area contributed by atoms with Crippen molar-refractivity contribution in [2.24, 2.45) is 0 Å². The number of para-hydroxylation sites is 2. The van der Waals surface area contributed by atoms with E-state index in [1.165, 1.54) is 9.58 Å². The Bertz CT molecular complexity index is 1150. The molecule has 2 amide bonds. The Hall–Kier alpha value is -3.75. The molecular formula is C22H20FN5O3. The van der Waals surface area contributed by atoms with E-state index in [9.17, 15) is 14.0 Å². The Morgan fingerprint density at radius 1 is 1.16 bits per heavy atom. The molecule has 0 spiro atoms. The molecule has 0 unspecified atom stereocenters. The summed E-state index contributed by atoms with van der Waals surface area (Å²) in [6.07, 6.45) is -1.10. The van der Waals surface area contributed by atoms with Crippen LogP contribution in [0.5, 0.6) is 5.75 Å². The Morgan fingerprint density at radius 3 is 2.71 bits per heavy atom. The number of amides is 2. The van der Waals surface area contributed by atoms with Gasteiger partial charge in [0.25, 0.3) is 11.8 Å². The van der Waals surface area contributed by atoms with Gasteiger partial charge in [-0.15, -0.1) is 5.10 Å². The third-order valence-corrected chi connectivity index (χ3v) is 5.62. The summed E-state index contributed by atoms with van der Waals surface area (Å²) in [6.45, 7) is -0.0299. The minimum Gasteiger partial charge on any atom is -0.489 e. The van der Waals surface area contributed by atoms with Crippen molar-refractivity contribution >= 4 is 17.5 Å². The number of likely N-dealkylation sites (N-methyl/N-ethyl adjacent to an activating group) is 1. The maximum absolute atomic E-state index is 14.6. The van der Waals surface area contributed by atoms with Crippen molar-refractivity contribution in [2.45, 2.75) is 24.7 Å². The van der Waals surface area contributed by atoms with Crippen molar-refractivity contribution in [3.05, 3.63) is 71.8 Å². The van der Waals surface area contributed by atoms with Gasteiger partial charge in [0.2, 0.25) is 5.82 Å². The molecule has 0 saturated carbocycles. The van der Waals surface area contributed by atoms with Crippen LogP contribution in [0.4, 0.5) is 10.1 Å². The van der Waals surface area contributed by atoms with Gasteiger partial charge in [0.05, 0.1) is 11.7 Å². The van der Waals surface area contributed by atoms with Gasteiger partial charge in [-0.25, -0.2) is 14.1 Å². The molecule has 0 aliphatic carbocycles. The number of alkyl halides is 1. The van der Waals surface area contributed by atoms with E-state index in [4.69, 9.17) is 4.74 Å². The second-order valence-electron chi connectivity index (χ2n) is 7.57. The topological polar surface area (TPSA) is 89.4 Å². The highest BCUT2D eigenvalue weighted by Gasteiger charge is 2.37. The van der Waals surface area contributed by atoms with Crippen LogP contribution in [-0.2, 0) is 4.79 Å². The number of hydrogen-bond donors (Lipinski definition) is 1. The zero-order chi connectivity index (χ0) is 21.5. The average molecular weight is 421 g/mol. The highest BCUT2D eigenvalue weighted by Crippen LogP contribution is 2.39. The summed E-state index contributed by atoms with van der Waals surface area (Å²) in [5, 5.41) is 6.89. The number of ether oxygens (including phenoxy) is 1. The molecule has 0 bridgehead atoms.